The van der Waals surface area contributed by atoms with Gasteiger partial charge in [-0.2, -0.15) is 0 Å². The molecule has 1 amide bonds. The number of nitrogens with two attached hydrogens (primary N) is 1. The second kappa shape index (κ2) is 7.31. The van der Waals surface area contributed by atoms with Gasteiger partial charge in [-0.25, -0.2) is 0 Å². The molecule has 0 spiro atoms. The van der Waals surface area contributed by atoms with Crippen molar-refractivity contribution in [1.82, 2.24) is 10.2 Å². The topological polar surface area (TPSA) is 58.4 Å². The van der Waals surface area contributed by atoms with Crippen molar-refractivity contribution in [3.63, 3.8) is 0 Å². The quantitative estimate of drug-likeness (QED) is 0.671. The van der Waals surface area contributed by atoms with E-state index in [-0.39, 0.29) is 5.91 Å². The van der Waals surface area contributed by atoms with Crippen LogP contribution < -0.4 is 11.1 Å². The fourth-order valence-corrected chi connectivity index (χ4v) is 2.10. The van der Waals surface area contributed by atoms with Crippen molar-refractivity contribution in [2.75, 3.05) is 26.7 Å². The summed E-state index contributed by atoms with van der Waals surface area (Å²) in [6.07, 6.45) is 8.91. The molecule has 1 aliphatic rings. The van der Waals surface area contributed by atoms with Gasteiger partial charge in [0.05, 0.1) is 6.04 Å². The number of hydrogen-bond acceptors (Lipinski definition) is 3. The molecule has 0 aromatic rings. The molecular formula is C13H23N3O. The number of hydrogen-bond donors (Lipinski definition) is 2. The van der Waals surface area contributed by atoms with Gasteiger partial charge in [-0.15, -0.1) is 12.3 Å². The third-order valence-corrected chi connectivity index (χ3v) is 3.36. The summed E-state index contributed by atoms with van der Waals surface area (Å²) in [5.41, 5.74) is 5.60. The van der Waals surface area contributed by atoms with Crippen molar-refractivity contribution in [1.29, 1.82) is 0 Å². The molecule has 0 saturated carbocycles. The van der Waals surface area contributed by atoms with E-state index in [1.54, 1.807) is 0 Å². The average Bonchev–Trinajstić information content (AvgIpc) is 2.32. The van der Waals surface area contributed by atoms with Gasteiger partial charge in [-0.1, -0.05) is 0 Å². The van der Waals surface area contributed by atoms with E-state index in [1.165, 1.54) is 12.8 Å². The number of amides is 1. The molecule has 4 nitrogen and oxygen atoms in total. The van der Waals surface area contributed by atoms with Crippen molar-refractivity contribution < 1.29 is 4.79 Å². The summed E-state index contributed by atoms with van der Waals surface area (Å²) in [4.78, 5) is 13.8. The molecular weight excluding hydrogens is 214 g/mol. The summed E-state index contributed by atoms with van der Waals surface area (Å²) >= 11 is 0. The van der Waals surface area contributed by atoms with E-state index in [2.05, 4.69) is 23.2 Å². The van der Waals surface area contributed by atoms with Crippen LogP contribution in [0.5, 0.6) is 0 Å². The molecule has 0 aliphatic carbocycles. The predicted molar refractivity (Wildman–Crippen MR) is 69.3 cm³/mol. The Hall–Kier alpha value is -1.05. The molecule has 1 saturated heterocycles. The minimum atomic E-state index is -0.558. The van der Waals surface area contributed by atoms with E-state index in [9.17, 15) is 4.79 Å². The summed E-state index contributed by atoms with van der Waals surface area (Å²) in [5.74, 6) is 3.00. The first-order valence-electron chi connectivity index (χ1n) is 6.28. The van der Waals surface area contributed by atoms with Gasteiger partial charge >= 0.3 is 0 Å². The Balaban J connectivity index is 2.11. The third kappa shape index (κ3) is 5.20. The molecule has 1 rings (SSSR count). The highest BCUT2D eigenvalue weighted by Crippen LogP contribution is 2.18. The largest absolute Gasteiger partial charge is 0.355 e. The Kier molecular flexibility index (Phi) is 6.03. The number of nitrogens with zero attached hydrogens (tertiary/aromatic N) is 1. The normalized spacial score (nSPS) is 19.6. The summed E-state index contributed by atoms with van der Waals surface area (Å²) in [5, 5.41) is 2.85. The van der Waals surface area contributed by atoms with Crippen LogP contribution in [0.2, 0.25) is 0 Å². The lowest BCUT2D eigenvalue weighted by Crippen LogP contribution is -2.41. The average molecular weight is 237 g/mol. The first kappa shape index (κ1) is 14.0. The molecule has 1 atom stereocenters. The van der Waals surface area contributed by atoms with Gasteiger partial charge in [0.15, 0.2) is 0 Å². The van der Waals surface area contributed by atoms with Crippen LogP contribution in [0.3, 0.4) is 0 Å². The number of carbonyl (C=O) groups excluding carboxylic acids is 1. The molecule has 4 heteroatoms. The first-order valence-corrected chi connectivity index (χ1v) is 6.28. The number of terminal acetylenes is 1. The van der Waals surface area contributed by atoms with Crippen molar-refractivity contribution >= 4 is 5.91 Å². The fraction of sp³-hybridized carbons (Fsp3) is 0.769. The van der Waals surface area contributed by atoms with Crippen LogP contribution in [0.15, 0.2) is 0 Å². The van der Waals surface area contributed by atoms with E-state index in [0.717, 1.165) is 25.4 Å². The molecule has 0 radical (unpaired) electrons. The highest BCUT2D eigenvalue weighted by atomic mass is 16.2. The molecule has 3 N–H and O–H groups in total. The van der Waals surface area contributed by atoms with Gasteiger partial charge in [0.1, 0.15) is 0 Å². The van der Waals surface area contributed by atoms with Gasteiger partial charge in [0, 0.05) is 13.0 Å². The summed E-state index contributed by atoms with van der Waals surface area (Å²) in [7, 11) is 2.15. The van der Waals surface area contributed by atoms with Crippen molar-refractivity contribution in [2.45, 2.75) is 31.7 Å². The Morgan fingerprint density at radius 1 is 1.59 bits per heavy atom. The molecule has 0 aromatic carbocycles. The highest BCUT2D eigenvalue weighted by Gasteiger charge is 2.17. The summed E-state index contributed by atoms with van der Waals surface area (Å²) in [6, 6.07) is -0.558. The Morgan fingerprint density at radius 2 is 2.24 bits per heavy atom. The number of rotatable bonds is 5. The van der Waals surface area contributed by atoms with Crippen LogP contribution in [-0.2, 0) is 4.79 Å². The molecule has 1 heterocycles. The van der Waals surface area contributed by atoms with Crippen LogP contribution in [-0.4, -0.2) is 43.5 Å². The lowest BCUT2D eigenvalue weighted by atomic mass is 9.94. The maximum Gasteiger partial charge on any atom is 0.237 e. The van der Waals surface area contributed by atoms with Crippen LogP contribution in [0.1, 0.15) is 25.7 Å². The van der Waals surface area contributed by atoms with Crippen LogP contribution in [0, 0.1) is 18.3 Å². The van der Waals surface area contributed by atoms with Gasteiger partial charge in [-0.05, 0) is 45.3 Å². The number of carbonyl (C=O) groups is 1. The van der Waals surface area contributed by atoms with Gasteiger partial charge in [0.2, 0.25) is 5.91 Å². The maximum atomic E-state index is 11.5. The van der Waals surface area contributed by atoms with Crippen LogP contribution >= 0.6 is 0 Å². The monoisotopic (exact) mass is 237 g/mol. The van der Waals surface area contributed by atoms with E-state index >= 15 is 0 Å². The van der Waals surface area contributed by atoms with Crippen molar-refractivity contribution in [3.05, 3.63) is 0 Å². The van der Waals surface area contributed by atoms with Gasteiger partial charge in [0.25, 0.3) is 0 Å². The first-order chi connectivity index (χ1) is 8.13. The van der Waals surface area contributed by atoms with E-state index in [4.69, 9.17) is 12.2 Å². The Labute approximate surface area is 104 Å². The Bertz CT molecular complexity index is 277. The summed E-state index contributed by atoms with van der Waals surface area (Å²) < 4.78 is 0. The zero-order valence-corrected chi connectivity index (χ0v) is 10.6. The standard InChI is InChI=1S/C13H23N3O/c1-3-4-12(14)13(17)15-8-5-11-6-9-16(2)10-7-11/h1,11-12H,4-10,14H2,2H3,(H,15,17). The molecule has 17 heavy (non-hydrogen) atoms. The minimum absolute atomic E-state index is 0.129. The smallest absolute Gasteiger partial charge is 0.237 e. The number of piperidine rings is 1. The maximum absolute atomic E-state index is 11.5. The predicted octanol–water partition coefficient (Wildman–Crippen LogP) is 0.185. The minimum Gasteiger partial charge on any atom is -0.355 e. The lowest BCUT2D eigenvalue weighted by Gasteiger charge is -2.28. The highest BCUT2D eigenvalue weighted by molar-refractivity contribution is 5.81. The lowest BCUT2D eigenvalue weighted by molar-refractivity contribution is -0.122. The molecule has 1 aliphatic heterocycles. The zero-order chi connectivity index (χ0) is 12.7. The molecule has 0 aromatic heterocycles. The van der Waals surface area contributed by atoms with E-state index in [1.807, 2.05) is 0 Å². The van der Waals surface area contributed by atoms with Crippen molar-refractivity contribution in [2.24, 2.45) is 11.7 Å². The number of likely N-dealkylation sites (tertiary alicyclic amines) is 1. The summed E-state index contributed by atoms with van der Waals surface area (Å²) in [6.45, 7) is 3.04. The second-order valence-electron chi connectivity index (χ2n) is 4.84. The third-order valence-electron chi connectivity index (χ3n) is 3.36. The SMILES string of the molecule is C#CCC(N)C(=O)NCCC1CCN(C)CC1. The Morgan fingerprint density at radius 3 is 2.82 bits per heavy atom. The number of nitrogens with one attached hydrogen (secondary N) is 1. The second-order valence-corrected chi connectivity index (χ2v) is 4.84. The van der Waals surface area contributed by atoms with Crippen LogP contribution in [0.25, 0.3) is 0 Å². The molecule has 1 fully saturated rings. The van der Waals surface area contributed by atoms with E-state index in [0.29, 0.717) is 13.0 Å². The van der Waals surface area contributed by atoms with Crippen LogP contribution in [0.4, 0.5) is 0 Å². The molecule has 96 valence electrons. The van der Waals surface area contributed by atoms with E-state index < -0.39 is 6.04 Å². The molecule has 1 unspecified atom stereocenters. The van der Waals surface area contributed by atoms with Gasteiger partial charge in [-0.3, -0.25) is 4.79 Å². The van der Waals surface area contributed by atoms with Crippen molar-refractivity contribution in [3.8, 4) is 12.3 Å². The fourth-order valence-electron chi connectivity index (χ4n) is 2.10. The zero-order valence-electron chi connectivity index (χ0n) is 10.6. The molecule has 0 bridgehead atoms. The van der Waals surface area contributed by atoms with Gasteiger partial charge < -0.3 is 16.0 Å².